The summed E-state index contributed by atoms with van der Waals surface area (Å²) in [5.41, 5.74) is 5.98. The van der Waals surface area contributed by atoms with E-state index in [4.69, 9.17) is 18.8 Å². The fourth-order valence-electron chi connectivity index (χ4n) is 5.77. The summed E-state index contributed by atoms with van der Waals surface area (Å²) in [6.45, 7) is 6.49. The van der Waals surface area contributed by atoms with E-state index < -0.39 is 16.2 Å². The Labute approximate surface area is 262 Å². The number of phenols is 1. The zero-order valence-corrected chi connectivity index (χ0v) is 26.6. The molecule has 1 aliphatic rings. The van der Waals surface area contributed by atoms with Crippen LogP contribution in [0.5, 0.6) is 17.2 Å². The first-order valence-corrected chi connectivity index (χ1v) is 16.2. The molecule has 1 aromatic heterocycles. The van der Waals surface area contributed by atoms with E-state index in [9.17, 15) is 18.3 Å². The topological polar surface area (TPSA) is 153 Å². The maximum absolute atomic E-state index is 13.1. The van der Waals surface area contributed by atoms with Gasteiger partial charge in [0.1, 0.15) is 22.8 Å². The van der Waals surface area contributed by atoms with Crippen molar-refractivity contribution in [1.29, 1.82) is 0 Å². The number of nitrogens with zero attached hydrogens (tertiary/aromatic N) is 4. The lowest BCUT2D eigenvalue weighted by Gasteiger charge is -2.29. The number of unbranched alkanes of at least 4 members (excludes halogenated alkanes) is 1. The first kappa shape index (κ1) is 32.2. The zero-order valence-electron chi connectivity index (χ0n) is 25.8. The standard InChI is InChI=1S/C32H38N4O8S/c1-5-43-31(39)17-27(26-9-10-28-32(21(26)3)33-34-36(28)12-6-7-13-37)22-14-23(20(2)30(16-22)42-4)18-35-19-24-15-25(38)8-11-29(24)44-45(35,40)41/h8-11,14-16,27,37-38H,5-7,12-13,17-19H2,1-4H3. The molecule has 12 nitrogen and oxygen atoms in total. The molecule has 1 unspecified atom stereocenters. The normalized spacial score (nSPS) is 15.0. The second-order valence-electron chi connectivity index (χ2n) is 11.1. The minimum Gasteiger partial charge on any atom is -0.508 e. The highest BCUT2D eigenvalue weighted by atomic mass is 32.2. The zero-order chi connectivity index (χ0) is 32.3. The van der Waals surface area contributed by atoms with Crippen molar-refractivity contribution in [3.8, 4) is 17.2 Å². The SMILES string of the molecule is CCOC(=O)CC(c1cc(CN2Cc3cc(O)ccc3OS2(=O)=O)c(C)c(OC)c1)c1ccc2c(nnn2CCCCO)c1C. The van der Waals surface area contributed by atoms with Crippen LogP contribution >= 0.6 is 0 Å². The van der Waals surface area contributed by atoms with E-state index >= 15 is 0 Å². The number of carbonyl (C=O) groups excluding carboxylic acids is 1. The molecule has 13 heteroatoms. The molecule has 1 aliphatic heterocycles. The number of aromatic hydroxyl groups is 1. The Morgan fingerprint density at radius 1 is 1.11 bits per heavy atom. The number of carbonyl (C=O) groups is 1. The number of methoxy groups -OCH3 is 1. The number of phenolic OH excluding ortho intramolecular Hbond substituents is 1. The van der Waals surface area contributed by atoms with Gasteiger partial charge in [0.15, 0.2) is 0 Å². The largest absolute Gasteiger partial charge is 0.508 e. The van der Waals surface area contributed by atoms with Crippen molar-refractivity contribution >= 4 is 27.3 Å². The maximum atomic E-state index is 13.1. The van der Waals surface area contributed by atoms with Crippen molar-refractivity contribution in [2.24, 2.45) is 0 Å². The molecule has 0 saturated heterocycles. The second kappa shape index (κ2) is 13.4. The van der Waals surface area contributed by atoms with Gasteiger partial charge in [-0.15, -0.1) is 5.10 Å². The van der Waals surface area contributed by atoms with Crippen molar-refractivity contribution in [3.63, 3.8) is 0 Å². The monoisotopic (exact) mass is 638 g/mol. The number of aromatic nitrogens is 3. The lowest BCUT2D eigenvalue weighted by Crippen LogP contribution is -2.37. The summed E-state index contributed by atoms with van der Waals surface area (Å²) >= 11 is 0. The molecule has 5 rings (SSSR count). The number of ether oxygens (including phenoxy) is 2. The van der Waals surface area contributed by atoms with E-state index in [1.165, 1.54) is 22.5 Å². The van der Waals surface area contributed by atoms with Gasteiger partial charge in [0.05, 0.1) is 25.7 Å². The van der Waals surface area contributed by atoms with Crippen LogP contribution in [-0.2, 0) is 39.5 Å². The molecule has 2 N–H and O–H groups in total. The molecule has 0 spiro atoms. The van der Waals surface area contributed by atoms with Crippen LogP contribution in [0.4, 0.5) is 0 Å². The van der Waals surface area contributed by atoms with E-state index in [1.54, 1.807) is 14.0 Å². The Hall–Kier alpha value is -4.20. The molecule has 240 valence electrons. The Morgan fingerprint density at radius 3 is 2.64 bits per heavy atom. The molecule has 45 heavy (non-hydrogen) atoms. The van der Waals surface area contributed by atoms with Crippen LogP contribution in [0.2, 0.25) is 0 Å². The minimum absolute atomic E-state index is 0.00798. The van der Waals surface area contributed by atoms with Crippen LogP contribution in [0, 0.1) is 13.8 Å². The summed E-state index contributed by atoms with van der Waals surface area (Å²) in [5, 5.41) is 27.9. The van der Waals surface area contributed by atoms with E-state index in [0.717, 1.165) is 34.2 Å². The Bertz CT molecular complexity index is 1820. The van der Waals surface area contributed by atoms with Gasteiger partial charge < -0.3 is 23.9 Å². The quantitative estimate of drug-likeness (QED) is 0.170. The average Bonchev–Trinajstić information content (AvgIpc) is 3.42. The summed E-state index contributed by atoms with van der Waals surface area (Å²) in [6.07, 6.45) is 1.46. The molecule has 0 radical (unpaired) electrons. The highest BCUT2D eigenvalue weighted by Gasteiger charge is 2.33. The number of rotatable bonds is 12. The molecule has 4 aromatic rings. The molecule has 3 aromatic carbocycles. The number of hydrogen-bond donors (Lipinski definition) is 2. The van der Waals surface area contributed by atoms with E-state index in [2.05, 4.69) is 10.3 Å². The smallest absolute Gasteiger partial charge is 0.385 e. The van der Waals surface area contributed by atoms with Gasteiger partial charge in [0.2, 0.25) is 0 Å². The predicted octanol–water partition coefficient (Wildman–Crippen LogP) is 4.26. The van der Waals surface area contributed by atoms with Crippen LogP contribution in [0.15, 0.2) is 42.5 Å². The Morgan fingerprint density at radius 2 is 1.91 bits per heavy atom. The van der Waals surface area contributed by atoms with Crippen LogP contribution in [0.1, 0.15) is 65.5 Å². The van der Waals surface area contributed by atoms with Crippen LogP contribution in [-0.4, -0.2) is 64.2 Å². The van der Waals surface area contributed by atoms with E-state index in [1.807, 2.05) is 42.8 Å². The number of esters is 1. The molecule has 1 atom stereocenters. The summed E-state index contributed by atoms with van der Waals surface area (Å²) in [6, 6.07) is 12.0. The molecular weight excluding hydrogens is 600 g/mol. The molecule has 0 amide bonds. The number of benzene rings is 3. The van der Waals surface area contributed by atoms with Gasteiger partial charge in [-0.25, -0.2) is 4.68 Å². The summed E-state index contributed by atoms with van der Waals surface area (Å²) in [4.78, 5) is 12.9. The molecular formula is C32H38N4O8S. The molecule has 0 aliphatic carbocycles. The van der Waals surface area contributed by atoms with Crippen molar-refractivity contribution in [2.75, 3.05) is 20.3 Å². The van der Waals surface area contributed by atoms with Gasteiger partial charge in [-0.2, -0.15) is 12.7 Å². The van der Waals surface area contributed by atoms with Crippen LogP contribution in [0.25, 0.3) is 11.0 Å². The highest BCUT2D eigenvalue weighted by molar-refractivity contribution is 7.84. The van der Waals surface area contributed by atoms with Crippen LogP contribution in [0.3, 0.4) is 0 Å². The number of aliphatic hydroxyl groups is 1. The van der Waals surface area contributed by atoms with Crippen LogP contribution < -0.4 is 8.92 Å². The second-order valence-corrected chi connectivity index (χ2v) is 12.6. The number of aliphatic hydroxyl groups excluding tert-OH is 1. The van der Waals surface area contributed by atoms with Gasteiger partial charge in [-0.3, -0.25) is 4.79 Å². The Kier molecular flexibility index (Phi) is 9.61. The number of fused-ring (bicyclic) bond motifs is 2. The summed E-state index contributed by atoms with van der Waals surface area (Å²) in [5.74, 6) is -0.112. The fourth-order valence-corrected chi connectivity index (χ4v) is 6.86. The first-order chi connectivity index (χ1) is 21.6. The van der Waals surface area contributed by atoms with Gasteiger partial charge >= 0.3 is 16.3 Å². The molecule has 0 saturated carbocycles. The fraction of sp³-hybridized carbons (Fsp3) is 0.406. The number of hydrogen-bond acceptors (Lipinski definition) is 10. The van der Waals surface area contributed by atoms with Crippen molar-refractivity contribution < 1.29 is 37.1 Å². The van der Waals surface area contributed by atoms with Crippen molar-refractivity contribution in [1.82, 2.24) is 19.3 Å². The van der Waals surface area contributed by atoms with E-state index in [-0.39, 0.29) is 50.2 Å². The van der Waals surface area contributed by atoms with Crippen molar-refractivity contribution in [3.05, 3.63) is 75.8 Å². The van der Waals surface area contributed by atoms with E-state index in [0.29, 0.717) is 35.4 Å². The summed E-state index contributed by atoms with van der Waals surface area (Å²) in [7, 11) is -2.58. The van der Waals surface area contributed by atoms with Gasteiger partial charge in [0, 0.05) is 37.7 Å². The lowest BCUT2D eigenvalue weighted by molar-refractivity contribution is -0.143. The molecule has 2 heterocycles. The van der Waals surface area contributed by atoms with Gasteiger partial charge in [0.25, 0.3) is 0 Å². The third kappa shape index (κ3) is 6.75. The molecule has 0 bridgehead atoms. The average molecular weight is 639 g/mol. The molecule has 0 fully saturated rings. The van der Waals surface area contributed by atoms with Gasteiger partial charge in [-0.1, -0.05) is 17.3 Å². The summed E-state index contributed by atoms with van der Waals surface area (Å²) < 4.78 is 45.7. The third-order valence-electron chi connectivity index (χ3n) is 8.17. The maximum Gasteiger partial charge on any atom is 0.385 e. The predicted molar refractivity (Wildman–Crippen MR) is 166 cm³/mol. The Balaban J connectivity index is 1.56. The minimum atomic E-state index is -4.13. The highest BCUT2D eigenvalue weighted by Crippen LogP contribution is 2.39. The lowest BCUT2D eigenvalue weighted by atomic mass is 9.84. The van der Waals surface area contributed by atoms with Gasteiger partial charge in [-0.05, 0) is 91.8 Å². The first-order valence-electron chi connectivity index (χ1n) is 14.8. The third-order valence-corrected chi connectivity index (χ3v) is 9.45. The van der Waals surface area contributed by atoms with Crippen molar-refractivity contribution in [2.45, 2.75) is 65.6 Å². The number of aryl methyl sites for hydroxylation is 2.